The number of thiazole rings is 1. The number of hydrogen-bond acceptors (Lipinski definition) is 3. The zero-order chi connectivity index (χ0) is 7.56. The van der Waals surface area contributed by atoms with Gasteiger partial charge in [0.1, 0.15) is 0 Å². The van der Waals surface area contributed by atoms with Gasteiger partial charge < -0.3 is 5.73 Å². The van der Waals surface area contributed by atoms with Crippen molar-refractivity contribution in [3.63, 3.8) is 0 Å². The van der Waals surface area contributed by atoms with Crippen LogP contribution in [-0.4, -0.2) is 4.98 Å². The van der Waals surface area contributed by atoms with Crippen LogP contribution in [0.5, 0.6) is 0 Å². The second-order valence-corrected chi connectivity index (χ2v) is 3.31. The normalized spacial score (nSPS) is 13.4. The van der Waals surface area contributed by atoms with Gasteiger partial charge in [0.2, 0.25) is 0 Å². The number of nitrogens with zero attached hydrogens (tertiary/aromatic N) is 1. The molecule has 0 fully saturated rings. The Hall–Kier alpha value is -0.570. The van der Waals surface area contributed by atoms with E-state index in [0.29, 0.717) is 11.0 Å². The van der Waals surface area contributed by atoms with Gasteiger partial charge in [-0.05, 0) is 12.3 Å². The summed E-state index contributed by atoms with van der Waals surface area (Å²) in [6, 6.07) is 0. The largest absolute Gasteiger partial charge is 0.375 e. The van der Waals surface area contributed by atoms with E-state index in [-0.39, 0.29) is 0 Å². The average Bonchev–Trinajstić information content (AvgIpc) is 2.34. The van der Waals surface area contributed by atoms with Crippen molar-refractivity contribution in [1.29, 1.82) is 0 Å². The summed E-state index contributed by atoms with van der Waals surface area (Å²) >= 11 is 1.51. The first-order valence-corrected chi connectivity index (χ1v) is 4.33. The number of aromatic nitrogens is 1. The molecule has 56 valence electrons. The average molecular weight is 156 g/mol. The molecule has 10 heavy (non-hydrogen) atoms. The first kappa shape index (κ1) is 7.54. The third-order valence-corrected chi connectivity index (χ3v) is 2.35. The summed E-state index contributed by atoms with van der Waals surface area (Å²) in [5, 5.41) is 2.71. The van der Waals surface area contributed by atoms with Gasteiger partial charge in [-0.1, -0.05) is 13.8 Å². The topological polar surface area (TPSA) is 38.9 Å². The van der Waals surface area contributed by atoms with Gasteiger partial charge in [0.05, 0.1) is 5.69 Å². The van der Waals surface area contributed by atoms with Crippen molar-refractivity contribution in [2.24, 2.45) is 0 Å². The molecule has 1 heterocycles. The fourth-order valence-corrected chi connectivity index (χ4v) is 1.42. The fraction of sp³-hybridized carbons (Fsp3) is 0.571. The Morgan fingerprint density at radius 1 is 1.80 bits per heavy atom. The van der Waals surface area contributed by atoms with Crippen LogP contribution in [0.4, 0.5) is 5.13 Å². The summed E-state index contributed by atoms with van der Waals surface area (Å²) < 4.78 is 0. The van der Waals surface area contributed by atoms with Crippen LogP contribution in [0.25, 0.3) is 0 Å². The zero-order valence-corrected chi connectivity index (χ0v) is 7.11. The van der Waals surface area contributed by atoms with Crippen LogP contribution in [0, 0.1) is 0 Å². The highest BCUT2D eigenvalue weighted by molar-refractivity contribution is 7.13. The van der Waals surface area contributed by atoms with Gasteiger partial charge in [0.25, 0.3) is 0 Å². The summed E-state index contributed by atoms with van der Waals surface area (Å²) in [5.41, 5.74) is 6.61. The maximum atomic E-state index is 5.48. The van der Waals surface area contributed by atoms with Crippen molar-refractivity contribution in [2.45, 2.75) is 26.2 Å². The molecule has 0 radical (unpaired) electrons. The summed E-state index contributed by atoms with van der Waals surface area (Å²) in [5.74, 6) is 0.550. The molecule has 0 saturated heterocycles. The van der Waals surface area contributed by atoms with Crippen LogP contribution in [0.15, 0.2) is 5.38 Å². The molecule has 0 unspecified atom stereocenters. The van der Waals surface area contributed by atoms with Crippen molar-refractivity contribution in [3.8, 4) is 0 Å². The van der Waals surface area contributed by atoms with E-state index in [9.17, 15) is 0 Å². The number of rotatable bonds is 2. The molecule has 1 aromatic heterocycles. The van der Waals surface area contributed by atoms with E-state index in [1.165, 1.54) is 11.3 Å². The molecule has 0 amide bonds. The molecule has 0 bridgehead atoms. The molecule has 0 aliphatic carbocycles. The Morgan fingerprint density at radius 3 is 2.90 bits per heavy atom. The van der Waals surface area contributed by atoms with Crippen molar-refractivity contribution < 1.29 is 0 Å². The number of anilines is 1. The highest BCUT2D eigenvalue weighted by Gasteiger charge is 2.05. The van der Waals surface area contributed by atoms with Gasteiger partial charge in [-0.15, -0.1) is 11.3 Å². The lowest BCUT2D eigenvalue weighted by molar-refractivity contribution is 0.714. The zero-order valence-electron chi connectivity index (χ0n) is 6.29. The highest BCUT2D eigenvalue weighted by atomic mass is 32.1. The van der Waals surface area contributed by atoms with Gasteiger partial charge in [-0.3, -0.25) is 0 Å². The van der Waals surface area contributed by atoms with E-state index < -0.39 is 0 Å². The van der Waals surface area contributed by atoms with E-state index in [0.717, 1.165) is 12.1 Å². The quantitative estimate of drug-likeness (QED) is 0.713. The Labute approximate surface area is 65.1 Å². The fourth-order valence-electron chi connectivity index (χ4n) is 0.736. The monoisotopic (exact) mass is 156 g/mol. The minimum atomic E-state index is 0.550. The van der Waals surface area contributed by atoms with Gasteiger partial charge in [-0.2, -0.15) is 0 Å². The summed E-state index contributed by atoms with van der Waals surface area (Å²) in [6.45, 7) is 4.31. The van der Waals surface area contributed by atoms with E-state index in [4.69, 9.17) is 5.73 Å². The predicted octanol–water partition coefficient (Wildman–Crippen LogP) is 2.24. The third-order valence-electron chi connectivity index (χ3n) is 1.66. The van der Waals surface area contributed by atoms with Crippen molar-refractivity contribution >= 4 is 16.5 Å². The number of nitrogens with two attached hydrogens (primary N) is 1. The number of hydrogen-bond donors (Lipinski definition) is 1. The molecule has 0 aliphatic heterocycles. The highest BCUT2D eigenvalue weighted by Crippen LogP contribution is 2.21. The van der Waals surface area contributed by atoms with E-state index in [2.05, 4.69) is 18.8 Å². The van der Waals surface area contributed by atoms with Crippen LogP contribution in [0.1, 0.15) is 31.9 Å². The Balaban J connectivity index is 2.74. The molecule has 3 heteroatoms. The summed E-state index contributed by atoms with van der Waals surface area (Å²) in [6.07, 6.45) is 1.13. The molecule has 1 aromatic rings. The molecule has 1 atom stereocenters. The van der Waals surface area contributed by atoms with Gasteiger partial charge in [-0.25, -0.2) is 4.98 Å². The van der Waals surface area contributed by atoms with Gasteiger partial charge in [0.15, 0.2) is 5.13 Å². The lowest BCUT2D eigenvalue weighted by Gasteiger charge is -2.01. The van der Waals surface area contributed by atoms with E-state index in [1.54, 1.807) is 0 Å². The lowest BCUT2D eigenvalue weighted by Crippen LogP contribution is -1.91. The SMILES string of the molecule is CC[C@@H](C)c1csc(N)n1. The first-order chi connectivity index (χ1) is 4.74. The van der Waals surface area contributed by atoms with Gasteiger partial charge in [0, 0.05) is 5.38 Å². The molecule has 2 N–H and O–H groups in total. The van der Waals surface area contributed by atoms with Crippen LogP contribution in [0.3, 0.4) is 0 Å². The maximum absolute atomic E-state index is 5.48. The van der Waals surface area contributed by atoms with Crippen LogP contribution < -0.4 is 5.73 Å². The van der Waals surface area contributed by atoms with Crippen LogP contribution >= 0.6 is 11.3 Å². The Kier molecular flexibility index (Phi) is 2.27. The standard InChI is InChI=1S/C7H12N2S/c1-3-5(2)6-4-10-7(8)9-6/h4-5H,3H2,1-2H3,(H2,8,9)/t5-/m1/s1. The van der Waals surface area contributed by atoms with Crippen LogP contribution in [0.2, 0.25) is 0 Å². The molecule has 0 aliphatic rings. The Bertz CT molecular complexity index is 207. The van der Waals surface area contributed by atoms with Crippen LogP contribution in [-0.2, 0) is 0 Å². The minimum Gasteiger partial charge on any atom is -0.375 e. The molecule has 0 saturated carbocycles. The first-order valence-electron chi connectivity index (χ1n) is 3.45. The lowest BCUT2D eigenvalue weighted by atomic mass is 10.1. The molecular formula is C7H12N2S. The Morgan fingerprint density at radius 2 is 2.50 bits per heavy atom. The van der Waals surface area contributed by atoms with Crippen molar-refractivity contribution in [1.82, 2.24) is 4.98 Å². The third kappa shape index (κ3) is 1.48. The van der Waals surface area contributed by atoms with E-state index >= 15 is 0 Å². The molecule has 2 nitrogen and oxygen atoms in total. The maximum Gasteiger partial charge on any atom is 0.180 e. The van der Waals surface area contributed by atoms with Crippen molar-refractivity contribution in [3.05, 3.63) is 11.1 Å². The molecule has 0 spiro atoms. The second kappa shape index (κ2) is 3.01. The second-order valence-electron chi connectivity index (χ2n) is 2.42. The molecular weight excluding hydrogens is 144 g/mol. The summed E-state index contributed by atoms with van der Waals surface area (Å²) in [7, 11) is 0. The summed E-state index contributed by atoms with van der Waals surface area (Å²) in [4.78, 5) is 4.18. The molecule has 1 rings (SSSR count). The minimum absolute atomic E-state index is 0.550. The van der Waals surface area contributed by atoms with E-state index in [1.807, 2.05) is 5.38 Å². The predicted molar refractivity (Wildman–Crippen MR) is 45.2 cm³/mol. The smallest absolute Gasteiger partial charge is 0.180 e. The molecule has 0 aromatic carbocycles. The number of nitrogen functional groups attached to an aromatic ring is 1. The van der Waals surface area contributed by atoms with Gasteiger partial charge >= 0.3 is 0 Å². The van der Waals surface area contributed by atoms with Crippen molar-refractivity contribution in [2.75, 3.05) is 5.73 Å².